The number of piperidine rings is 1. The Morgan fingerprint density at radius 1 is 1.30 bits per heavy atom. The van der Waals surface area contributed by atoms with E-state index >= 15 is 0 Å². The summed E-state index contributed by atoms with van der Waals surface area (Å²) >= 11 is 3.13. The van der Waals surface area contributed by atoms with Crippen LogP contribution in [-0.2, 0) is 0 Å². The van der Waals surface area contributed by atoms with Crippen LogP contribution >= 0.6 is 15.9 Å². The van der Waals surface area contributed by atoms with Crippen molar-refractivity contribution in [3.8, 4) is 0 Å². The molecule has 0 radical (unpaired) electrons. The van der Waals surface area contributed by atoms with Gasteiger partial charge < -0.3 is 4.90 Å². The maximum absolute atomic E-state index is 13.2. The molecule has 1 aromatic rings. The quantitative estimate of drug-likeness (QED) is 0.784. The normalized spacial score (nSPS) is 18.1. The first-order valence-electron chi connectivity index (χ1n) is 7.25. The molecule has 0 unspecified atom stereocenters. The highest BCUT2D eigenvalue weighted by Gasteiger charge is 2.33. The number of carbonyl (C=O) groups excluding carboxylic acids is 1. The fraction of sp³-hybridized carbons (Fsp3) is 0.562. The Labute approximate surface area is 128 Å². The van der Waals surface area contributed by atoms with Crippen LogP contribution < -0.4 is 0 Å². The van der Waals surface area contributed by atoms with E-state index < -0.39 is 0 Å². The summed E-state index contributed by atoms with van der Waals surface area (Å²) in [6.07, 6.45) is 4.48. The molecule has 1 aliphatic rings. The fourth-order valence-corrected chi connectivity index (χ4v) is 3.33. The number of hydrogen-bond acceptors (Lipinski definition) is 1. The minimum Gasteiger partial charge on any atom is -0.339 e. The van der Waals surface area contributed by atoms with Gasteiger partial charge in [-0.2, -0.15) is 0 Å². The summed E-state index contributed by atoms with van der Waals surface area (Å²) in [7, 11) is 0. The van der Waals surface area contributed by atoms with Gasteiger partial charge in [0.05, 0.1) is 4.47 Å². The molecule has 0 spiro atoms. The standard InChI is InChI=1S/C16H21BrFNO/c1-3-16(4-2)7-9-19(10-8-16)15(20)12-5-6-14(18)13(17)11-12/h5-6,11H,3-4,7-10H2,1-2H3. The van der Waals surface area contributed by atoms with E-state index in [1.165, 1.54) is 18.9 Å². The van der Waals surface area contributed by atoms with Gasteiger partial charge in [0.15, 0.2) is 0 Å². The van der Waals surface area contributed by atoms with Gasteiger partial charge in [0, 0.05) is 18.7 Å². The van der Waals surface area contributed by atoms with Gasteiger partial charge in [0.1, 0.15) is 5.82 Å². The van der Waals surface area contributed by atoms with Crippen molar-refractivity contribution in [3.05, 3.63) is 34.1 Å². The number of rotatable bonds is 3. The lowest BCUT2D eigenvalue weighted by Gasteiger charge is -2.41. The van der Waals surface area contributed by atoms with Crippen molar-refractivity contribution in [1.82, 2.24) is 4.90 Å². The van der Waals surface area contributed by atoms with Gasteiger partial charge in [-0.05, 0) is 52.4 Å². The molecule has 1 aliphatic heterocycles. The first-order chi connectivity index (χ1) is 9.51. The molecule has 0 N–H and O–H groups in total. The first-order valence-corrected chi connectivity index (χ1v) is 8.05. The summed E-state index contributed by atoms with van der Waals surface area (Å²) in [5.74, 6) is -0.331. The van der Waals surface area contributed by atoms with Crippen LogP contribution in [0.3, 0.4) is 0 Å². The highest BCUT2D eigenvalue weighted by atomic mass is 79.9. The van der Waals surface area contributed by atoms with Crippen LogP contribution in [-0.4, -0.2) is 23.9 Å². The van der Waals surface area contributed by atoms with Gasteiger partial charge in [-0.15, -0.1) is 0 Å². The van der Waals surface area contributed by atoms with Crippen LogP contribution in [0.4, 0.5) is 4.39 Å². The summed E-state index contributed by atoms with van der Waals surface area (Å²) in [6, 6.07) is 4.47. The van der Waals surface area contributed by atoms with Gasteiger partial charge in [0.25, 0.3) is 5.91 Å². The smallest absolute Gasteiger partial charge is 0.253 e. The van der Waals surface area contributed by atoms with E-state index in [-0.39, 0.29) is 11.7 Å². The highest BCUT2D eigenvalue weighted by Crippen LogP contribution is 2.38. The van der Waals surface area contributed by atoms with Gasteiger partial charge >= 0.3 is 0 Å². The second-order valence-electron chi connectivity index (χ2n) is 5.63. The van der Waals surface area contributed by atoms with Crippen LogP contribution in [0.2, 0.25) is 0 Å². The molecule has 0 aliphatic carbocycles. The van der Waals surface area contributed by atoms with Crippen LogP contribution in [0.25, 0.3) is 0 Å². The number of hydrogen-bond donors (Lipinski definition) is 0. The van der Waals surface area contributed by atoms with Gasteiger partial charge in [-0.3, -0.25) is 4.79 Å². The Morgan fingerprint density at radius 2 is 1.90 bits per heavy atom. The van der Waals surface area contributed by atoms with Crippen molar-refractivity contribution in [1.29, 1.82) is 0 Å². The molecule has 1 heterocycles. The van der Waals surface area contributed by atoms with Gasteiger partial charge in [-0.25, -0.2) is 4.39 Å². The second kappa shape index (κ2) is 6.25. The van der Waals surface area contributed by atoms with Crippen molar-refractivity contribution in [3.63, 3.8) is 0 Å². The maximum atomic E-state index is 13.2. The lowest BCUT2D eigenvalue weighted by atomic mass is 9.74. The van der Waals surface area contributed by atoms with E-state index in [0.717, 1.165) is 25.9 Å². The molecule has 1 fully saturated rings. The number of likely N-dealkylation sites (tertiary alicyclic amines) is 1. The maximum Gasteiger partial charge on any atom is 0.253 e. The molecule has 0 aromatic heterocycles. The van der Waals surface area contributed by atoms with Crippen LogP contribution in [0, 0.1) is 11.2 Å². The van der Waals surface area contributed by atoms with Crippen molar-refractivity contribution >= 4 is 21.8 Å². The fourth-order valence-electron chi connectivity index (χ4n) is 2.95. The molecule has 4 heteroatoms. The third-order valence-electron chi connectivity index (χ3n) is 4.78. The number of amides is 1. The molecular formula is C16H21BrFNO. The summed E-state index contributed by atoms with van der Waals surface area (Å²) in [5.41, 5.74) is 0.957. The predicted octanol–water partition coefficient (Wildman–Crippen LogP) is 4.63. The molecule has 110 valence electrons. The number of nitrogens with zero attached hydrogens (tertiary/aromatic N) is 1. The van der Waals surface area contributed by atoms with E-state index in [2.05, 4.69) is 29.8 Å². The average Bonchev–Trinajstić information content (AvgIpc) is 2.49. The Balaban J connectivity index is 2.06. The van der Waals surface area contributed by atoms with Crippen molar-refractivity contribution < 1.29 is 9.18 Å². The zero-order chi connectivity index (χ0) is 14.8. The minimum atomic E-state index is -0.337. The van der Waals surface area contributed by atoms with E-state index in [0.29, 0.717) is 15.5 Å². The molecule has 2 nitrogen and oxygen atoms in total. The second-order valence-corrected chi connectivity index (χ2v) is 6.48. The Bertz CT molecular complexity index is 489. The van der Waals surface area contributed by atoms with Crippen molar-refractivity contribution in [2.75, 3.05) is 13.1 Å². The lowest BCUT2D eigenvalue weighted by molar-refractivity contribution is 0.0557. The molecule has 1 aromatic carbocycles. The molecule has 1 saturated heterocycles. The summed E-state index contributed by atoms with van der Waals surface area (Å²) < 4.78 is 13.6. The van der Waals surface area contributed by atoms with E-state index in [4.69, 9.17) is 0 Å². The Morgan fingerprint density at radius 3 is 2.40 bits per heavy atom. The summed E-state index contributed by atoms with van der Waals surface area (Å²) in [5, 5.41) is 0. The molecule has 0 saturated carbocycles. The third kappa shape index (κ3) is 3.05. The van der Waals surface area contributed by atoms with Crippen LogP contribution in [0.15, 0.2) is 22.7 Å². The van der Waals surface area contributed by atoms with E-state index in [1.54, 1.807) is 12.1 Å². The Kier molecular flexibility index (Phi) is 4.84. The van der Waals surface area contributed by atoms with Crippen molar-refractivity contribution in [2.24, 2.45) is 5.41 Å². The number of benzene rings is 1. The van der Waals surface area contributed by atoms with E-state index in [1.807, 2.05) is 4.90 Å². The zero-order valence-corrected chi connectivity index (χ0v) is 13.7. The molecular weight excluding hydrogens is 321 g/mol. The number of carbonyl (C=O) groups is 1. The SMILES string of the molecule is CCC1(CC)CCN(C(=O)c2ccc(F)c(Br)c2)CC1. The highest BCUT2D eigenvalue weighted by molar-refractivity contribution is 9.10. The first kappa shape index (κ1) is 15.5. The topological polar surface area (TPSA) is 20.3 Å². The van der Waals surface area contributed by atoms with Crippen LogP contribution in [0.1, 0.15) is 49.9 Å². The Hall–Kier alpha value is -0.900. The van der Waals surface area contributed by atoms with Crippen molar-refractivity contribution in [2.45, 2.75) is 39.5 Å². The zero-order valence-electron chi connectivity index (χ0n) is 12.1. The molecule has 20 heavy (non-hydrogen) atoms. The van der Waals surface area contributed by atoms with Crippen LogP contribution in [0.5, 0.6) is 0 Å². The van der Waals surface area contributed by atoms with E-state index in [9.17, 15) is 9.18 Å². The number of halogens is 2. The third-order valence-corrected chi connectivity index (χ3v) is 5.39. The van der Waals surface area contributed by atoms with Gasteiger partial charge in [0.2, 0.25) is 0 Å². The molecule has 0 bridgehead atoms. The monoisotopic (exact) mass is 341 g/mol. The largest absolute Gasteiger partial charge is 0.339 e. The van der Waals surface area contributed by atoms with Gasteiger partial charge in [-0.1, -0.05) is 26.7 Å². The molecule has 0 atom stereocenters. The molecule has 1 amide bonds. The summed E-state index contributed by atoms with van der Waals surface area (Å²) in [4.78, 5) is 14.3. The average molecular weight is 342 g/mol. The summed E-state index contributed by atoms with van der Waals surface area (Å²) in [6.45, 7) is 6.07. The lowest BCUT2D eigenvalue weighted by Crippen LogP contribution is -2.42. The predicted molar refractivity (Wildman–Crippen MR) is 82.3 cm³/mol. The molecule has 2 rings (SSSR count). The minimum absolute atomic E-state index is 0.00602.